The summed E-state index contributed by atoms with van der Waals surface area (Å²) in [7, 11) is 1.54. The minimum absolute atomic E-state index is 0.0274. The van der Waals surface area contributed by atoms with Gasteiger partial charge in [0.2, 0.25) is 23.6 Å². The zero-order valence-corrected chi connectivity index (χ0v) is 21.7. The van der Waals surface area contributed by atoms with Crippen LogP contribution in [0.4, 0.5) is 0 Å². The van der Waals surface area contributed by atoms with Crippen molar-refractivity contribution in [1.29, 1.82) is 0 Å². The summed E-state index contributed by atoms with van der Waals surface area (Å²) in [5.74, 6) is -1.59. The molecule has 36 heavy (non-hydrogen) atoms. The van der Waals surface area contributed by atoms with E-state index in [4.69, 9.17) is 10.5 Å². The van der Waals surface area contributed by atoms with E-state index in [1.807, 2.05) is 27.7 Å². The average molecular weight is 503 g/mol. The van der Waals surface area contributed by atoms with E-state index in [1.54, 1.807) is 18.2 Å². The normalized spacial score (nSPS) is 16.3. The molecular formula is C26H38N4O6. The third kappa shape index (κ3) is 8.35. The van der Waals surface area contributed by atoms with E-state index >= 15 is 0 Å². The number of primary amides is 1. The molecule has 1 aliphatic carbocycles. The highest BCUT2D eigenvalue weighted by Gasteiger charge is 2.33. The van der Waals surface area contributed by atoms with Crippen LogP contribution in [-0.4, -0.2) is 55.2 Å². The number of ether oxygens (including phenoxy) is 1. The third-order valence-corrected chi connectivity index (χ3v) is 6.00. The Kier molecular flexibility index (Phi) is 10.4. The first-order valence-corrected chi connectivity index (χ1v) is 12.3. The Morgan fingerprint density at radius 3 is 2.17 bits per heavy atom. The second kappa shape index (κ2) is 13.0. The van der Waals surface area contributed by atoms with Crippen molar-refractivity contribution in [2.75, 3.05) is 13.7 Å². The van der Waals surface area contributed by atoms with Crippen LogP contribution in [0.3, 0.4) is 0 Å². The summed E-state index contributed by atoms with van der Waals surface area (Å²) in [6.07, 6.45) is 0.972. The first-order valence-electron chi connectivity index (χ1n) is 12.3. The summed E-state index contributed by atoms with van der Waals surface area (Å²) in [4.78, 5) is 62.1. The van der Waals surface area contributed by atoms with Crippen molar-refractivity contribution in [2.45, 2.75) is 71.4 Å². The van der Waals surface area contributed by atoms with Crippen LogP contribution >= 0.6 is 0 Å². The Balaban J connectivity index is 2.11. The van der Waals surface area contributed by atoms with Crippen molar-refractivity contribution in [3.05, 3.63) is 29.3 Å². The molecule has 0 aromatic heterocycles. The first-order chi connectivity index (χ1) is 16.9. The van der Waals surface area contributed by atoms with E-state index in [9.17, 15) is 24.0 Å². The number of Topliss-reactive ketones (excluding diaryl/α,β-unsaturated/α-hetero) is 1. The summed E-state index contributed by atoms with van der Waals surface area (Å²) in [6, 6.07) is 3.46. The topological polar surface area (TPSA) is 157 Å². The van der Waals surface area contributed by atoms with Crippen LogP contribution in [0.1, 0.15) is 75.2 Å². The number of hydrogen-bond donors (Lipinski definition) is 4. The lowest BCUT2D eigenvalue weighted by molar-refractivity contribution is -0.133. The molecule has 4 amide bonds. The number of carbonyl (C=O) groups excluding carboxylic acids is 5. The predicted octanol–water partition coefficient (Wildman–Crippen LogP) is 1.42. The van der Waals surface area contributed by atoms with Crippen LogP contribution in [-0.2, 0) is 19.2 Å². The molecule has 1 aromatic carbocycles. The fourth-order valence-electron chi connectivity index (χ4n) is 4.34. The van der Waals surface area contributed by atoms with E-state index in [0.29, 0.717) is 24.2 Å². The molecule has 10 nitrogen and oxygen atoms in total. The second-order valence-electron chi connectivity index (χ2n) is 10.1. The van der Waals surface area contributed by atoms with Crippen molar-refractivity contribution in [1.82, 2.24) is 16.0 Å². The van der Waals surface area contributed by atoms with Crippen molar-refractivity contribution < 1.29 is 28.7 Å². The summed E-state index contributed by atoms with van der Waals surface area (Å²) in [6.45, 7) is 7.33. The molecule has 1 aliphatic rings. The summed E-state index contributed by atoms with van der Waals surface area (Å²) < 4.78 is 5.26. The number of methoxy groups -OCH3 is 1. The van der Waals surface area contributed by atoms with Gasteiger partial charge < -0.3 is 26.4 Å². The molecule has 0 spiro atoms. The fraction of sp³-hybridized carbons (Fsp3) is 0.577. The van der Waals surface area contributed by atoms with Gasteiger partial charge in [0.05, 0.1) is 13.7 Å². The van der Waals surface area contributed by atoms with Crippen molar-refractivity contribution >= 4 is 29.4 Å². The van der Waals surface area contributed by atoms with Gasteiger partial charge >= 0.3 is 0 Å². The molecule has 0 fully saturated rings. The zero-order valence-electron chi connectivity index (χ0n) is 21.7. The van der Waals surface area contributed by atoms with Gasteiger partial charge in [-0.3, -0.25) is 24.0 Å². The number of amides is 4. The van der Waals surface area contributed by atoms with Crippen molar-refractivity contribution in [3.8, 4) is 5.75 Å². The smallest absolute Gasteiger partial charge is 0.243 e. The number of carbonyl (C=O) groups is 5. The van der Waals surface area contributed by atoms with Crippen LogP contribution in [0.5, 0.6) is 5.75 Å². The van der Waals surface area contributed by atoms with Crippen LogP contribution < -0.4 is 26.4 Å². The van der Waals surface area contributed by atoms with E-state index in [2.05, 4.69) is 16.0 Å². The number of nitrogens with two attached hydrogens (primary N) is 1. The SMILES string of the molecule is COc1ccc2c(c1)C(CC(=O)N[C@H](CC(C)C)C(=O)N[C@@H](CC(C)C)C(=O)NCC(N)=O)CC2=O. The van der Waals surface area contributed by atoms with Crippen molar-refractivity contribution in [2.24, 2.45) is 17.6 Å². The number of benzene rings is 1. The van der Waals surface area contributed by atoms with Crippen molar-refractivity contribution in [3.63, 3.8) is 0 Å². The van der Waals surface area contributed by atoms with E-state index in [0.717, 1.165) is 5.56 Å². The number of nitrogens with one attached hydrogen (secondary N) is 3. The highest BCUT2D eigenvalue weighted by molar-refractivity contribution is 6.02. The van der Waals surface area contributed by atoms with Gasteiger partial charge in [0.1, 0.15) is 17.8 Å². The van der Waals surface area contributed by atoms with Crippen LogP contribution in [0.15, 0.2) is 18.2 Å². The Hall–Kier alpha value is -3.43. The molecule has 10 heteroatoms. The molecule has 2 rings (SSSR count). The van der Waals surface area contributed by atoms with E-state index in [-0.39, 0.29) is 48.8 Å². The molecule has 0 heterocycles. The van der Waals surface area contributed by atoms with Gasteiger partial charge in [-0.05, 0) is 48.4 Å². The van der Waals surface area contributed by atoms with Gasteiger partial charge in [0.25, 0.3) is 0 Å². The summed E-state index contributed by atoms with van der Waals surface area (Å²) >= 11 is 0. The summed E-state index contributed by atoms with van der Waals surface area (Å²) in [5.41, 5.74) is 6.46. The minimum atomic E-state index is -0.879. The Bertz CT molecular complexity index is 991. The Labute approximate surface area is 212 Å². The number of hydrogen-bond acceptors (Lipinski definition) is 6. The molecule has 0 saturated carbocycles. The van der Waals surface area contributed by atoms with Gasteiger partial charge in [-0.2, -0.15) is 0 Å². The Morgan fingerprint density at radius 1 is 1.00 bits per heavy atom. The quantitative estimate of drug-likeness (QED) is 0.319. The maximum atomic E-state index is 13.2. The lowest BCUT2D eigenvalue weighted by atomic mass is 9.96. The molecule has 0 aliphatic heterocycles. The molecule has 3 atom stereocenters. The first kappa shape index (κ1) is 28.8. The lowest BCUT2D eigenvalue weighted by Crippen LogP contribution is -2.55. The molecule has 198 valence electrons. The standard InChI is InChI=1S/C26H38N4O6/c1-14(2)8-20(25(34)28-13-23(27)32)30-26(35)21(9-15(3)4)29-24(33)11-16-10-22(31)18-7-6-17(36-5)12-19(16)18/h6-7,12,14-16,20-21H,8-11,13H2,1-5H3,(H2,27,32)(H,28,34)(H,29,33)(H,30,35)/t16?,20-,21+/m0/s1. The number of ketones is 1. The molecule has 0 radical (unpaired) electrons. The van der Waals surface area contributed by atoms with Gasteiger partial charge in [-0.25, -0.2) is 0 Å². The molecule has 1 unspecified atom stereocenters. The van der Waals surface area contributed by atoms with Gasteiger partial charge in [0, 0.05) is 24.3 Å². The van der Waals surface area contributed by atoms with E-state index in [1.165, 1.54) is 7.11 Å². The highest BCUT2D eigenvalue weighted by atomic mass is 16.5. The number of rotatable bonds is 13. The maximum Gasteiger partial charge on any atom is 0.243 e. The molecule has 0 saturated heterocycles. The van der Waals surface area contributed by atoms with Crippen LogP contribution in [0, 0.1) is 11.8 Å². The van der Waals surface area contributed by atoms with Gasteiger partial charge in [-0.1, -0.05) is 27.7 Å². The third-order valence-electron chi connectivity index (χ3n) is 6.00. The van der Waals surface area contributed by atoms with Gasteiger partial charge in [-0.15, -0.1) is 0 Å². The second-order valence-corrected chi connectivity index (χ2v) is 10.1. The Morgan fingerprint density at radius 2 is 1.61 bits per heavy atom. The minimum Gasteiger partial charge on any atom is -0.497 e. The van der Waals surface area contributed by atoms with Gasteiger partial charge in [0.15, 0.2) is 5.78 Å². The number of fused-ring (bicyclic) bond motifs is 1. The highest BCUT2D eigenvalue weighted by Crippen LogP contribution is 2.37. The predicted molar refractivity (Wildman–Crippen MR) is 134 cm³/mol. The van der Waals surface area contributed by atoms with E-state index < -0.39 is 29.8 Å². The lowest BCUT2D eigenvalue weighted by Gasteiger charge is -2.25. The van der Waals surface area contributed by atoms with Crippen LogP contribution in [0.25, 0.3) is 0 Å². The molecule has 0 bridgehead atoms. The average Bonchev–Trinajstić information content (AvgIpc) is 3.09. The molecule has 1 aromatic rings. The monoisotopic (exact) mass is 502 g/mol. The fourth-order valence-corrected chi connectivity index (χ4v) is 4.34. The maximum absolute atomic E-state index is 13.2. The van der Waals surface area contributed by atoms with Crippen LogP contribution in [0.2, 0.25) is 0 Å². The zero-order chi connectivity index (χ0) is 27.0. The summed E-state index contributed by atoms with van der Waals surface area (Å²) in [5, 5.41) is 7.95. The largest absolute Gasteiger partial charge is 0.497 e. The molecule has 5 N–H and O–H groups in total. The molecular weight excluding hydrogens is 464 g/mol.